The molecule has 8 heteroatoms. The highest BCUT2D eigenvalue weighted by Gasteiger charge is 2.53. The highest BCUT2D eigenvalue weighted by Crippen LogP contribution is 2.58. The summed E-state index contributed by atoms with van der Waals surface area (Å²) in [5, 5.41) is 9.13. The lowest BCUT2D eigenvalue weighted by Gasteiger charge is -2.27. The number of imide groups is 2. The third kappa shape index (κ3) is 3.15. The second-order valence-electron chi connectivity index (χ2n) is 8.93. The van der Waals surface area contributed by atoms with E-state index in [9.17, 15) is 19.2 Å². The normalized spacial score (nSPS) is 27.4. The standard InChI is InChI=1S/C22H26N4O4/c27-17-5-4-16(19(28)25-17)26-20(29)15-3-1-2-13(18(15)21(26)30)11-24-12-14-10-22(14)6-8-23-9-7-22/h1-3,14,16,23-24H,4-12H2,(H,25,27,28). The summed E-state index contributed by atoms with van der Waals surface area (Å²) in [7, 11) is 0. The molecule has 30 heavy (non-hydrogen) atoms. The first-order valence-corrected chi connectivity index (χ1v) is 10.8. The number of carbonyl (C=O) groups excluding carboxylic acids is 4. The second-order valence-corrected chi connectivity index (χ2v) is 8.93. The van der Waals surface area contributed by atoms with Crippen molar-refractivity contribution in [2.24, 2.45) is 11.3 Å². The van der Waals surface area contributed by atoms with Crippen LogP contribution in [0.25, 0.3) is 0 Å². The van der Waals surface area contributed by atoms with Crippen LogP contribution < -0.4 is 16.0 Å². The van der Waals surface area contributed by atoms with Crippen molar-refractivity contribution in [3.05, 3.63) is 34.9 Å². The minimum atomic E-state index is -0.929. The Hall–Kier alpha value is -2.58. The number of nitrogens with zero attached hydrogens (tertiary/aromatic N) is 1. The molecule has 1 aromatic rings. The molecule has 1 spiro atoms. The number of hydrogen-bond donors (Lipinski definition) is 3. The molecule has 158 valence electrons. The van der Waals surface area contributed by atoms with Gasteiger partial charge in [-0.1, -0.05) is 12.1 Å². The fourth-order valence-electron chi connectivity index (χ4n) is 5.37. The molecule has 1 saturated carbocycles. The van der Waals surface area contributed by atoms with Gasteiger partial charge in [-0.25, -0.2) is 0 Å². The first kappa shape index (κ1) is 19.4. The molecule has 2 atom stereocenters. The topological polar surface area (TPSA) is 108 Å². The molecule has 3 aliphatic heterocycles. The average molecular weight is 410 g/mol. The minimum Gasteiger partial charge on any atom is -0.317 e. The number of rotatable bonds is 5. The molecule has 5 rings (SSSR count). The van der Waals surface area contributed by atoms with E-state index in [4.69, 9.17) is 0 Å². The Labute approximate surface area is 174 Å². The molecule has 2 unspecified atom stereocenters. The maximum Gasteiger partial charge on any atom is 0.262 e. The molecular formula is C22H26N4O4. The van der Waals surface area contributed by atoms with Crippen LogP contribution in [0.4, 0.5) is 0 Å². The number of hydrogen-bond acceptors (Lipinski definition) is 6. The fourth-order valence-corrected chi connectivity index (χ4v) is 5.37. The highest BCUT2D eigenvalue weighted by atomic mass is 16.2. The van der Waals surface area contributed by atoms with Gasteiger partial charge in [-0.2, -0.15) is 0 Å². The predicted octanol–water partition coefficient (Wildman–Crippen LogP) is 0.567. The lowest BCUT2D eigenvalue weighted by atomic mass is 9.92. The quantitative estimate of drug-likeness (QED) is 0.613. The molecule has 8 nitrogen and oxygen atoms in total. The van der Waals surface area contributed by atoms with Gasteiger partial charge in [-0.05, 0) is 68.3 Å². The van der Waals surface area contributed by atoms with Crippen LogP contribution in [0, 0.1) is 11.3 Å². The molecule has 0 radical (unpaired) electrons. The third-order valence-electron chi connectivity index (χ3n) is 7.22. The van der Waals surface area contributed by atoms with Crippen molar-refractivity contribution in [2.75, 3.05) is 19.6 Å². The van der Waals surface area contributed by atoms with Crippen LogP contribution in [-0.4, -0.2) is 54.2 Å². The second kappa shape index (κ2) is 7.28. The van der Waals surface area contributed by atoms with Gasteiger partial charge in [-0.3, -0.25) is 29.4 Å². The number of carbonyl (C=O) groups is 4. The van der Waals surface area contributed by atoms with Crippen LogP contribution >= 0.6 is 0 Å². The van der Waals surface area contributed by atoms with Gasteiger partial charge < -0.3 is 10.6 Å². The van der Waals surface area contributed by atoms with Gasteiger partial charge in [-0.15, -0.1) is 0 Å². The van der Waals surface area contributed by atoms with E-state index in [-0.39, 0.29) is 18.7 Å². The molecule has 3 heterocycles. The molecule has 1 aromatic carbocycles. The summed E-state index contributed by atoms with van der Waals surface area (Å²) in [5.41, 5.74) is 1.99. The maximum absolute atomic E-state index is 13.1. The molecule has 3 N–H and O–H groups in total. The van der Waals surface area contributed by atoms with E-state index in [1.807, 2.05) is 6.07 Å². The Morgan fingerprint density at radius 2 is 1.90 bits per heavy atom. The van der Waals surface area contributed by atoms with E-state index < -0.39 is 23.8 Å². The predicted molar refractivity (Wildman–Crippen MR) is 107 cm³/mol. The van der Waals surface area contributed by atoms with Gasteiger partial charge >= 0.3 is 0 Å². The van der Waals surface area contributed by atoms with E-state index in [0.717, 1.165) is 30.1 Å². The van der Waals surface area contributed by atoms with E-state index in [2.05, 4.69) is 16.0 Å². The van der Waals surface area contributed by atoms with E-state index in [1.165, 1.54) is 19.3 Å². The Kier molecular flexibility index (Phi) is 4.71. The summed E-state index contributed by atoms with van der Waals surface area (Å²) in [6, 6.07) is 4.34. The molecule has 4 aliphatic rings. The highest BCUT2D eigenvalue weighted by molar-refractivity contribution is 6.24. The molecular weight excluding hydrogens is 384 g/mol. The molecule has 0 bridgehead atoms. The van der Waals surface area contributed by atoms with Crippen LogP contribution in [0.15, 0.2) is 18.2 Å². The third-order valence-corrected chi connectivity index (χ3v) is 7.22. The molecule has 3 fully saturated rings. The summed E-state index contributed by atoms with van der Waals surface area (Å²) in [6.45, 7) is 3.60. The molecule has 4 amide bonds. The van der Waals surface area contributed by atoms with Gasteiger partial charge in [0.15, 0.2) is 0 Å². The number of nitrogens with one attached hydrogen (secondary N) is 3. The van der Waals surface area contributed by atoms with Gasteiger partial charge in [0.25, 0.3) is 11.8 Å². The number of fused-ring (bicyclic) bond motifs is 1. The monoisotopic (exact) mass is 410 g/mol. The number of amides is 4. The number of benzene rings is 1. The Morgan fingerprint density at radius 3 is 2.67 bits per heavy atom. The summed E-state index contributed by atoms with van der Waals surface area (Å²) in [6.07, 6.45) is 4.01. The Bertz CT molecular complexity index is 937. The van der Waals surface area contributed by atoms with Crippen molar-refractivity contribution in [3.8, 4) is 0 Å². The fraction of sp³-hybridized carbons (Fsp3) is 0.545. The lowest BCUT2D eigenvalue weighted by molar-refractivity contribution is -0.136. The first-order chi connectivity index (χ1) is 14.5. The zero-order valence-electron chi connectivity index (χ0n) is 16.8. The van der Waals surface area contributed by atoms with Crippen molar-refractivity contribution in [3.63, 3.8) is 0 Å². The van der Waals surface area contributed by atoms with Gasteiger partial charge in [0, 0.05) is 13.0 Å². The van der Waals surface area contributed by atoms with Crippen LogP contribution in [0.5, 0.6) is 0 Å². The van der Waals surface area contributed by atoms with Gasteiger partial charge in [0.1, 0.15) is 6.04 Å². The van der Waals surface area contributed by atoms with Crippen LogP contribution in [0.1, 0.15) is 58.4 Å². The maximum atomic E-state index is 13.1. The largest absolute Gasteiger partial charge is 0.317 e. The minimum absolute atomic E-state index is 0.122. The van der Waals surface area contributed by atoms with E-state index in [1.54, 1.807) is 12.1 Å². The molecule has 1 aliphatic carbocycles. The molecule has 2 saturated heterocycles. The summed E-state index contributed by atoms with van der Waals surface area (Å²) >= 11 is 0. The van der Waals surface area contributed by atoms with Crippen molar-refractivity contribution in [1.82, 2.24) is 20.9 Å². The van der Waals surface area contributed by atoms with Crippen molar-refractivity contribution in [1.29, 1.82) is 0 Å². The van der Waals surface area contributed by atoms with Crippen molar-refractivity contribution < 1.29 is 19.2 Å². The SMILES string of the molecule is O=C1CCC(N2C(=O)c3cccc(CNCC4CC45CCNCC5)c3C2=O)C(=O)N1. The first-order valence-electron chi connectivity index (χ1n) is 10.8. The average Bonchev–Trinajstić information content (AvgIpc) is 3.32. The number of piperidine rings is 2. The smallest absolute Gasteiger partial charge is 0.262 e. The van der Waals surface area contributed by atoms with Crippen LogP contribution in [0.2, 0.25) is 0 Å². The van der Waals surface area contributed by atoms with E-state index in [0.29, 0.717) is 29.0 Å². The van der Waals surface area contributed by atoms with Crippen LogP contribution in [-0.2, 0) is 16.1 Å². The Balaban J connectivity index is 1.28. The van der Waals surface area contributed by atoms with Crippen LogP contribution in [0.3, 0.4) is 0 Å². The van der Waals surface area contributed by atoms with E-state index >= 15 is 0 Å². The lowest BCUT2D eigenvalue weighted by Crippen LogP contribution is -2.54. The van der Waals surface area contributed by atoms with Gasteiger partial charge in [0.05, 0.1) is 11.1 Å². The van der Waals surface area contributed by atoms with Crippen molar-refractivity contribution in [2.45, 2.75) is 44.7 Å². The zero-order chi connectivity index (χ0) is 20.9. The summed E-state index contributed by atoms with van der Waals surface area (Å²) in [5.74, 6) is -1.18. The Morgan fingerprint density at radius 1 is 1.10 bits per heavy atom. The summed E-state index contributed by atoms with van der Waals surface area (Å²) in [4.78, 5) is 50.7. The van der Waals surface area contributed by atoms with Crippen molar-refractivity contribution >= 4 is 23.6 Å². The molecule has 0 aromatic heterocycles. The van der Waals surface area contributed by atoms with Gasteiger partial charge in [0.2, 0.25) is 11.8 Å². The zero-order valence-corrected chi connectivity index (χ0v) is 16.8. The summed E-state index contributed by atoms with van der Waals surface area (Å²) < 4.78 is 0.